The molecule has 0 aliphatic carbocycles. The quantitative estimate of drug-likeness (QED) is 0.909. The molecule has 1 aliphatic rings. The number of nitrogens with one attached hydrogen (secondary N) is 2. The number of amides is 2. The molecular formula is C16H15N3O3. The molecule has 0 bridgehead atoms. The summed E-state index contributed by atoms with van der Waals surface area (Å²) in [7, 11) is 0. The zero-order chi connectivity index (χ0) is 15.5. The Labute approximate surface area is 127 Å². The second-order valence-corrected chi connectivity index (χ2v) is 5.09. The smallest absolute Gasteiger partial charge is 0.266 e. The molecular weight excluding hydrogens is 282 g/mol. The van der Waals surface area contributed by atoms with Crippen LogP contribution in [0.3, 0.4) is 0 Å². The Balaban J connectivity index is 1.67. The Kier molecular flexibility index (Phi) is 3.74. The fourth-order valence-electron chi connectivity index (χ4n) is 2.22. The van der Waals surface area contributed by atoms with Crippen molar-refractivity contribution in [2.24, 2.45) is 0 Å². The van der Waals surface area contributed by atoms with Crippen molar-refractivity contribution in [2.45, 2.75) is 19.4 Å². The zero-order valence-corrected chi connectivity index (χ0v) is 12.0. The summed E-state index contributed by atoms with van der Waals surface area (Å²) in [5, 5.41) is 5.45. The molecule has 0 radical (unpaired) electrons. The fourth-order valence-corrected chi connectivity index (χ4v) is 2.22. The second kappa shape index (κ2) is 5.85. The van der Waals surface area contributed by atoms with Gasteiger partial charge in [0.1, 0.15) is 5.75 Å². The third-order valence-corrected chi connectivity index (χ3v) is 3.27. The number of anilines is 2. The third-order valence-electron chi connectivity index (χ3n) is 3.27. The van der Waals surface area contributed by atoms with Gasteiger partial charge in [0.2, 0.25) is 5.91 Å². The Morgan fingerprint density at radius 1 is 1.41 bits per heavy atom. The molecule has 0 saturated heterocycles. The lowest BCUT2D eigenvalue weighted by Gasteiger charge is -2.25. The van der Waals surface area contributed by atoms with Crippen LogP contribution >= 0.6 is 0 Å². The maximum absolute atomic E-state index is 12.0. The van der Waals surface area contributed by atoms with E-state index in [0.29, 0.717) is 17.1 Å². The summed E-state index contributed by atoms with van der Waals surface area (Å²) in [6, 6.07) is 8.96. The monoisotopic (exact) mass is 297 g/mol. The Morgan fingerprint density at radius 2 is 2.27 bits per heavy atom. The molecule has 1 unspecified atom stereocenters. The van der Waals surface area contributed by atoms with E-state index >= 15 is 0 Å². The van der Waals surface area contributed by atoms with Gasteiger partial charge in [0, 0.05) is 6.20 Å². The number of fused-ring (bicyclic) bond motifs is 1. The molecule has 0 fully saturated rings. The maximum atomic E-state index is 12.0. The van der Waals surface area contributed by atoms with Gasteiger partial charge in [-0.25, -0.2) is 0 Å². The average molecular weight is 297 g/mol. The van der Waals surface area contributed by atoms with Crippen molar-refractivity contribution in [3.63, 3.8) is 0 Å². The van der Waals surface area contributed by atoms with E-state index in [1.807, 2.05) is 19.1 Å². The number of benzene rings is 1. The molecule has 6 nitrogen and oxygen atoms in total. The van der Waals surface area contributed by atoms with Gasteiger partial charge in [-0.3, -0.25) is 14.6 Å². The highest BCUT2D eigenvalue weighted by Crippen LogP contribution is 2.31. The van der Waals surface area contributed by atoms with Gasteiger partial charge in [0.15, 0.2) is 6.10 Å². The molecule has 1 atom stereocenters. The Bertz CT molecular complexity index is 716. The van der Waals surface area contributed by atoms with E-state index < -0.39 is 6.10 Å². The molecule has 2 N–H and O–H groups in total. The van der Waals surface area contributed by atoms with Gasteiger partial charge in [-0.1, -0.05) is 6.07 Å². The zero-order valence-electron chi connectivity index (χ0n) is 12.0. The van der Waals surface area contributed by atoms with Crippen LogP contribution in [0.25, 0.3) is 0 Å². The standard InChI is InChI=1S/C16H15N3O3/c1-10-4-5-13-12(7-10)19-16(21)14(22-13)8-15(20)18-11-3-2-6-17-9-11/h2-7,9,14H,8H2,1H3,(H,18,20)(H,19,21). The van der Waals surface area contributed by atoms with Crippen LogP contribution in [0.4, 0.5) is 11.4 Å². The molecule has 22 heavy (non-hydrogen) atoms. The third kappa shape index (κ3) is 3.06. The number of hydrogen-bond acceptors (Lipinski definition) is 4. The fraction of sp³-hybridized carbons (Fsp3) is 0.188. The van der Waals surface area contributed by atoms with Crippen LogP contribution in [-0.2, 0) is 9.59 Å². The van der Waals surface area contributed by atoms with E-state index in [4.69, 9.17) is 4.74 Å². The Morgan fingerprint density at radius 3 is 3.05 bits per heavy atom. The van der Waals surface area contributed by atoms with Crippen LogP contribution in [0.15, 0.2) is 42.7 Å². The first-order valence-corrected chi connectivity index (χ1v) is 6.90. The highest BCUT2D eigenvalue weighted by molar-refractivity contribution is 6.02. The summed E-state index contributed by atoms with van der Waals surface area (Å²) in [6.07, 6.45) is 2.25. The molecule has 1 aliphatic heterocycles. The van der Waals surface area contributed by atoms with Gasteiger partial charge in [-0.05, 0) is 36.8 Å². The minimum atomic E-state index is -0.841. The van der Waals surface area contributed by atoms with Gasteiger partial charge in [0.25, 0.3) is 5.91 Å². The molecule has 1 aromatic heterocycles. The lowest BCUT2D eigenvalue weighted by molar-refractivity contribution is -0.128. The molecule has 2 amide bonds. The van der Waals surface area contributed by atoms with Gasteiger partial charge in [-0.15, -0.1) is 0 Å². The highest BCUT2D eigenvalue weighted by Gasteiger charge is 2.29. The molecule has 3 rings (SSSR count). The van der Waals surface area contributed by atoms with Crippen LogP contribution < -0.4 is 15.4 Å². The van der Waals surface area contributed by atoms with Crippen molar-refractivity contribution >= 4 is 23.2 Å². The summed E-state index contributed by atoms with van der Waals surface area (Å²) in [6.45, 7) is 1.93. The number of ether oxygens (including phenoxy) is 1. The van der Waals surface area contributed by atoms with Crippen molar-refractivity contribution < 1.29 is 14.3 Å². The van der Waals surface area contributed by atoms with Crippen LogP contribution in [0.2, 0.25) is 0 Å². The van der Waals surface area contributed by atoms with Crippen molar-refractivity contribution in [1.82, 2.24) is 4.98 Å². The van der Waals surface area contributed by atoms with E-state index in [-0.39, 0.29) is 18.2 Å². The topological polar surface area (TPSA) is 80.3 Å². The SMILES string of the molecule is Cc1ccc2c(c1)NC(=O)C(CC(=O)Nc1cccnc1)O2. The second-order valence-electron chi connectivity index (χ2n) is 5.09. The summed E-state index contributed by atoms with van der Waals surface area (Å²) in [5.41, 5.74) is 2.24. The number of aromatic nitrogens is 1. The van der Waals surface area contributed by atoms with Crippen LogP contribution in [-0.4, -0.2) is 22.9 Å². The van der Waals surface area contributed by atoms with E-state index in [1.54, 1.807) is 24.4 Å². The minimum absolute atomic E-state index is 0.0615. The van der Waals surface area contributed by atoms with E-state index in [9.17, 15) is 9.59 Å². The summed E-state index contributed by atoms with van der Waals surface area (Å²) in [5.74, 6) is -0.0486. The van der Waals surface area contributed by atoms with Gasteiger partial charge < -0.3 is 15.4 Å². The minimum Gasteiger partial charge on any atom is -0.478 e. The molecule has 1 aromatic carbocycles. The van der Waals surface area contributed by atoms with Crippen LogP contribution in [0.5, 0.6) is 5.75 Å². The molecule has 112 valence electrons. The van der Waals surface area contributed by atoms with E-state index in [2.05, 4.69) is 15.6 Å². The van der Waals surface area contributed by atoms with E-state index in [0.717, 1.165) is 5.56 Å². The largest absolute Gasteiger partial charge is 0.478 e. The first-order valence-electron chi connectivity index (χ1n) is 6.90. The average Bonchev–Trinajstić information content (AvgIpc) is 2.49. The van der Waals surface area contributed by atoms with Gasteiger partial charge in [0.05, 0.1) is 24.0 Å². The lowest BCUT2D eigenvalue weighted by atomic mass is 10.1. The van der Waals surface area contributed by atoms with Crippen molar-refractivity contribution in [3.05, 3.63) is 48.3 Å². The predicted octanol–water partition coefficient (Wildman–Crippen LogP) is 2.12. The molecule has 0 spiro atoms. The highest BCUT2D eigenvalue weighted by atomic mass is 16.5. The van der Waals surface area contributed by atoms with Gasteiger partial charge >= 0.3 is 0 Å². The number of rotatable bonds is 3. The van der Waals surface area contributed by atoms with Crippen LogP contribution in [0, 0.1) is 6.92 Å². The Hall–Kier alpha value is -2.89. The van der Waals surface area contributed by atoms with Crippen molar-refractivity contribution in [3.8, 4) is 5.75 Å². The molecule has 6 heteroatoms. The molecule has 2 aromatic rings. The molecule has 0 saturated carbocycles. The number of nitrogens with zero attached hydrogens (tertiary/aromatic N) is 1. The maximum Gasteiger partial charge on any atom is 0.266 e. The summed E-state index contributed by atoms with van der Waals surface area (Å²) in [4.78, 5) is 27.9. The van der Waals surface area contributed by atoms with Gasteiger partial charge in [-0.2, -0.15) is 0 Å². The number of hydrogen-bond donors (Lipinski definition) is 2. The number of carbonyl (C=O) groups excluding carboxylic acids is 2. The number of aryl methyl sites for hydroxylation is 1. The molecule has 2 heterocycles. The number of carbonyl (C=O) groups is 2. The van der Waals surface area contributed by atoms with E-state index in [1.165, 1.54) is 6.20 Å². The van der Waals surface area contributed by atoms with Crippen molar-refractivity contribution in [1.29, 1.82) is 0 Å². The first kappa shape index (κ1) is 14.1. The first-order chi connectivity index (χ1) is 10.6. The summed E-state index contributed by atoms with van der Waals surface area (Å²) >= 11 is 0. The van der Waals surface area contributed by atoms with Crippen molar-refractivity contribution in [2.75, 3.05) is 10.6 Å². The normalized spacial score (nSPS) is 16.2. The predicted molar refractivity (Wildman–Crippen MR) is 81.7 cm³/mol. The lowest BCUT2D eigenvalue weighted by Crippen LogP contribution is -2.39. The van der Waals surface area contributed by atoms with Crippen LogP contribution in [0.1, 0.15) is 12.0 Å². The number of pyridine rings is 1. The summed E-state index contributed by atoms with van der Waals surface area (Å²) < 4.78 is 5.62.